The van der Waals surface area contributed by atoms with Crippen molar-refractivity contribution >= 4 is 35.1 Å². The second kappa shape index (κ2) is 7.89. The molecule has 1 aromatic heterocycles. The fourth-order valence-electron chi connectivity index (χ4n) is 3.38. The lowest BCUT2D eigenvalue weighted by molar-refractivity contribution is -0.113. The number of fused-ring (bicyclic) bond motifs is 1. The fourth-order valence-corrected chi connectivity index (χ4v) is 4.72. The summed E-state index contributed by atoms with van der Waals surface area (Å²) in [5, 5.41) is 8.36. The average Bonchev–Trinajstić information content (AvgIpc) is 2.89. The van der Waals surface area contributed by atoms with Gasteiger partial charge in [-0.15, -0.1) is 11.8 Å². The highest BCUT2D eigenvalue weighted by atomic mass is 35.5. The molecule has 3 aromatic rings. The van der Waals surface area contributed by atoms with Crippen LogP contribution in [0.1, 0.15) is 29.0 Å². The maximum atomic E-state index is 12.5. The quantitative estimate of drug-likeness (QED) is 0.653. The minimum Gasteiger partial charge on any atom is -0.494 e. The lowest BCUT2D eigenvalue weighted by Gasteiger charge is -2.19. The molecule has 5 nitrogen and oxygen atoms in total. The number of carbonyl (C=O) groups excluding carboxylic acids is 1. The van der Waals surface area contributed by atoms with E-state index in [1.165, 1.54) is 0 Å². The largest absolute Gasteiger partial charge is 0.494 e. The molecule has 1 amide bonds. The maximum absolute atomic E-state index is 12.5. The van der Waals surface area contributed by atoms with Crippen molar-refractivity contribution in [3.63, 3.8) is 0 Å². The number of benzene rings is 2. The Morgan fingerprint density at radius 1 is 1.25 bits per heavy atom. The van der Waals surface area contributed by atoms with Gasteiger partial charge in [-0.2, -0.15) is 5.10 Å². The third-order valence-corrected chi connectivity index (χ3v) is 6.08. The summed E-state index contributed by atoms with van der Waals surface area (Å²) in [6.45, 7) is 4.53. The van der Waals surface area contributed by atoms with E-state index < -0.39 is 0 Å². The first-order valence-electron chi connectivity index (χ1n) is 9.07. The second-order valence-corrected chi connectivity index (χ2v) is 7.98. The summed E-state index contributed by atoms with van der Waals surface area (Å²) in [4.78, 5) is 12.5. The van der Waals surface area contributed by atoms with Gasteiger partial charge in [-0.25, -0.2) is 4.68 Å². The van der Waals surface area contributed by atoms with Gasteiger partial charge < -0.3 is 10.1 Å². The first-order chi connectivity index (χ1) is 13.6. The molecule has 0 spiro atoms. The van der Waals surface area contributed by atoms with Gasteiger partial charge in [0, 0.05) is 16.1 Å². The summed E-state index contributed by atoms with van der Waals surface area (Å²) in [6.07, 6.45) is 0. The molecule has 0 saturated heterocycles. The summed E-state index contributed by atoms with van der Waals surface area (Å²) in [6, 6.07) is 15.4. The lowest BCUT2D eigenvalue weighted by Crippen LogP contribution is -2.15. The smallest absolute Gasteiger partial charge is 0.235 e. The van der Waals surface area contributed by atoms with E-state index in [0.717, 1.165) is 28.3 Å². The number of aromatic nitrogens is 2. The lowest BCUT2D eigenvalue weighted by atomic mass is 10.0. The van der Waals surface area contributed by atoms with Crippen LogP contribution < -0.4 is 10.1 Å². The van der Waals surface area contributed by atoms with Gasteiger partial charge >= 0.3 is 0 Å². The van der Waals surface area contributed by atoms with Crippen molar-refractivity contribution < 1.29 is 9.53 Å². The van der Waals surface area contributed by atoms with E-state index in [4.69, 9.17) is 21.4 Å². The Balaban J connectivity index is 1.88. The Morgan fingerprint density at radius 3 is 2.75 bits per heavy atom. The monoisotopic (exact) mass is 413 g/mol. The van der Waals surface area contributed by atoms with Crippen LogP contribution in [0, 0.1) is 6.92 Å². The molecular formula is C21H20ClN3O2S. The number of aryl methyl sites for hydroxylation is 1. The number of hydrogen-bond acceptors (Lipinski definition) is 4. The SMILES string of the molecule is CCOc1ccccc1C1SCC(=O)Nc2c1c(C)nn2-c1ccc(Cl)cc1. The van der Waals surface area contributed by atoms with Gasteiger partial charge in [-0.3, -0.25) is 4.79 Å². The third kappa shape index (κ3) is 3.50. The van der Waals surface area contributed by atoms with Crippen LogP contribution in [0.4, 0.5) is 5.82 Å². The number of hydrogen-bond donors (Lipinski definition) is 1. The highest BCUT2D eigenvalue weighted by molar-refractivity contribution is 8.00. The number of nitrogens with one attached hydrogen (secondary N) is 1. The van der Waals surface area contributed by atoms with Crippen molar-refractivity contribution in [1.82, 2.24) is 9.78 Å². The maximum Gasteiger partial charge on any atom is 0.235 e. The Kier molecular flexibility index (Phi) is 5.33. The predicted molar refractivity (Wildman–Crippen MR) is 114 cm³/mol. The number of ether oxygens (including phenoxy) is 1. The molecule has 0 fully saturated rings. The van der Waals surface area contributed by atoms with Crippen LogP contribution >= 0.6 is 23.4 Å². The first kappa shape index (κ1) is 18.9. The molecule has 0 aliphatic carbocycles. The van der Waals surface area contributed by atoms with Crippen LogP contribution in [0.2, 0.25) is 5.02 Å². The topological polar surface area (TPSA) is 56.1 Å². The van der Waals surface area contributed by atoms with E-state index >= 15 is 0 Å². The summed E-state index contributed by atoms with van der Waals surface area (Å²) in [5.74, 6) is 1.85. The van der Waals surface area contributed by atoms with Crippen molar-refractivity contribution in [2.45, 2.75) is 19.1 Å². The summed E-state index contributed by atoms with van der Waals surface area (Å²) < 4.78 is 7.64. The second-order valence-electron chi connectivity index (χ2n) is 6.45. The first-order valence-corrected chi connectivity index (χ1v) is 10.5. The molecule has 4 rings (SSSR count). The molecule has 2 heterocycles. The van der Waals surface area contributed by atoms with Gasteiger partial charge in [0.25, 0.3) is 0 Å². The number of anilines is 1. The Bertz CT molecular complexity index is 1020. The van der Waals surface area contributed by atoms with Crippen LogP contribution in [0.5, 0.6) is 5.75 Å². The molecule has 7 heteroatoms. The number of carbonyl (C=O) groups is 1. The molecule has 2 aromatic carbocycles. The fraction of sp³-hybridized carbons (Fsp3) is 0.238. The number of nitrogens with zero attached hydrogens (tertiary/aromatic N) is 2. The number of thioether (sulfide) groups is 1. The minimum atomic E-state index is -0.0576. The van der Waals surface area contributed by atoms with Crippen LogP contribution in [0.3, 0.4) is 0 Å². The van der Waals surface area contributed by atoms with E-state index in [2.05, 4.69) is 11.4 Å². The molecule has 0 radical (unpaired) electrons. The Morgan fingerprint density at radius 2 is 2.00 bits per heavy atom. The third-order valence-electron chi connectivity index (χ3n) is 4.58. The van der Waals surface area contributed by atoms with E-state index in [-0.39, 0.29) is 11.2 Å². The number of para-hydroxylation sites is 1. The zero-order chi connectivity index (χ0) is 19.7. The van der Waals surface area contributed by atoms with Gasteiger partial charge in [-0.05, 0) is 44.2 Å². The number of rotatable bonds is 4. The Labute approximate surface area is 173 Å². The van der Waals surface area contributed by atoms with Gasteiger partial charge in [0.15, 0.2) is 0 Å². The Hall–Kier alpha value is -2.44. The summed E-state index contributed by atoms with van der Waals surface area (Å²) in [7, 11) is 0. The van der Waals surface area contributed by atoms with Gasteiger partial charge in [0.2, 0.25) is 5.91 Å². The van der Waals surface area contributed by atoms with Gasteiger partial charge in [-0.1, -0.05) is 29.8 Å². The molecule has 1 unspecified atom stereocenters. The zero-order valence-corrected chi connectivity index (χ0v) is 17.2. The van der Waals surface area contributed by atoms with Crippen molar-refractivity contribution in [3.8, 4) is 11.4 Å². The average molecular weight is 414 g/mol. The number of halogens is 1. The molecule has 1 N–H and O–H groups in total. The normalized spacial score (nSPS) is 16.2. The van der Waals surface area contributed by atoms with Crippen molar-refractivity contribution in [2.75, 3.05) is 17.7 Å². The molecule has 1 atom stereocenters. The molecule has 0 bridgehead atoms. The van der Waals surface area contributed by atoms with Crippen LogP contribution in [-0.2, 0) is 4.79 Å². The predicted octanol–water partition coefficient (Wildman–Crippen LogP) is 5.01. The zero-order valence-electron chi connectivity index (χ0n) is 15.6. The molecule has 28 heavy (non-hydrogen) atoms. The highest BCUT2D eigenvalue weighted by Crippen LogP contribution is 2.46. The van der Waals surface area contributed by atoms with Crippen molar-refractivity contribution in [1.29, 1.82) is 0 Å². The van der Waals surface area contributed by atoms with E-state index in [9.17, 15) is 4.79 Å². The van der Waals surface area contributed by atoms with Gasteiger partial charge in [0.1, 0.15) is 11.6 Å². The van der Waals surface area contributed by atoms with Crippen molar-refractivity contribution in [2.24, 2.45) is 0 Å². The van der Waals surface area contributed by atoms with E-state index in [0.29, 0.717) is 23.2 Å². The minimum absolute atomic E-state index is 0.0437. The molecule has 144 valence electrons. The van der Waals surface area contributed by atoms with Crippen LogP contribution in [0.15, 0.2) is 48.5 Å². The van der Waals surface area contributed by atoms with Crippen LogP contribution in [0.25, 0.3) is 5.69 Å². The number of amides is 1. The van der Waals surface area contributed by atoms with Crippen molar-refractivity contribution in [3.05, 3.63) is 70.4 Å². The standard InChI is InChI=1S/C21H20ClN3O2S/c1-3-27-17-7-5-4-6-16(17)20-19-13(2)24-25(15-10-8-14(22)9-11-15)21(19)23-18(26)12-28-20/h4-11,20H,3,12H2,1-2H3,(H,23,26). The molecular weight excluding hydrogens is 394 g/mol. The molecule has 0 saturated carbocycles. The summed E-state index contributed by atoms with van der Waals surface area (Å²) in [5.41, 5.74) is 3.76. The highest BCUT2D eigenvalue weighted by Gasteiger charge is 2.32. The molecule has 1 aliphatic heterocycles. The van der Waals surface area contributed by atoms with Gasteiger partial charge in [0.05, 0.1) is 29.0 Å². The van der Waals surface area contributed by atoms with Crippen LogP contribution in [-0.4, -0.2) is 28.0 Å². The van der Waals surface area contributed by atoms with E-state index in [1.54, 1.807) is 16.4 Å². The van der Waals surface area contributed by atoms with E-state index in [1.807, 2.05) is 56.3 Å². The summed E-state index contributed by atoms with van der Waals surface area (Å²) >= 11 is 7.62. The molecule has 1 aliphatic rings.